The van der Waals surface area contributed by atoms with Crippen LogP contribution in [0.5, 0.6) is 0 Å². The number of piperazine rings is 1. The van der Waals surface area contributed by atoms with Gasteiger partial charge < -0.3 is 20.4 Å². The van der Waals surface area contributed by atoms with Crippen molar-refractivity contribution >= 4 is 35.1 Å². The first-order valence-electron chi connectivity index (χ1n) is 9.48. The van der Waals surface area contributed by atoms with Crippen LogP contribution in [-0.2, 0) is 14.4 Å². The van der Waals surface area contributed by atoms with Crippen LogP contribution in [0, 0.1) is 0 Å². The fourth-order valence-electron chi connectivity index (χ4n) is 3.23. The Balaban J connectivity index is 1.53. The Bertz CT molecular complexity index is 768. The number of anilines is 2. The van der Waals surface area contributed by atoms with Crippen LogP contribution >= 0.6 is 0 Å². The molecule has 9 heteroatoms. The molecular weight excluding hydrogens is 360 g/mol. The van der Waals surface area contributed by atoms with Crippen molar-refractivity contribution in [3.8, 4) is 0 Å². The fourth-order valence-corrected chi connectivity index (χ4v) is 3.23. The average molecular weight is 386 g/mol. The molecule has 1 aromatic carbocycles. The first-order valence-corrected chi connectivity index (χ1v) is 9.48. The van der Waals surface area contributed by atoms with E-state index in [1.165, 1.54) is 6.92 Å². The molecule has 2 aliphatic rings. The number of hydrogen-bond donors (Lipinski definition) is 3. The van der Waals surface area contributed by atoms with Gasteiger partial charge in [-0.05, 0) is 30.8 Å². The molecule has 3 rings (SSSR count). The molecule has 2 aliphatic heterocycles. The van der Waals surface area contributed by atoms with E-state index in [4.69, 9.17) is 0 Å². The molecule has 1 atom stereocenters. The van der Waals surface area contributed by atoms with Crippen LogP contribution in [0.4, 0.5) is 11.4 Å². The summed E-state index contributed by atoms with van der Waals surface area (Å²) in [7, 11) is 0. The van der Waals surface area contributed by atoms with Crippen molar-refractivity contribution in [1.82, 2.24) is 15.1 Å². The molecule has 1 fully saturated rings. The zero-order chi connectivity index (χ0) is 20.1. The molecule has 3 N–H and O–H groups in total. The molecule has 1 saturated heterocycles. The molecule has 0 bridgehead atoms. The third kappa shape index (κ3) is 5.07. The SMILES string of the molecule is CCN1CCN(C2=N[C@H](CC(=O)Nc3ccc(NC(C)=O)cc3)C(=O)N2)CC1. The van der Waals surface area contributed by atoms with Gasteiger partial charge in [0.15, 0.2) is 0 Å². The molecule has 0 aromatic heterocycles. The quantitative estimate of drug-likeness (QED) is 0.682. The number of aliphatic imine (C=N–C) groups is 1. The molecule has 0 radical (unpaired) electrons. The second kappa shape index (κ2) is 8.83. The highest BCUT2D eigenvalue weighted by Gasteiger charge is 2.32. The van der Waals surface area contributed by atoms with E-state index in [2.05, 4.69) is 37.7 Å². The van der Waals surface area contributed by atoms with Crippen LogP contribution in [0.15, 0.2) is 29.3 Å². The topological polar surface area (TPSA) is 106 Å². The zero-order valence-electron chi connectivity index (χ0n) is 16.2. The summed E-state index contributed by atoms with van der Waals surface area (Å²) in [5.74, 6) is -0.121. The first kappa shape index (κ1) is 19.8. The Labute approximate surface area is 164 Å². The number of nitrogens with one attached hydrogen (secondary N) is 3. The number of rotatable bonds is 5. The Morgan fingerprint density at radius 3 is 2.29 bits per heavy atom. The van der Waals surface area contributed by atoms with Crippen LogP contribution in [-0.4, -0.2) is 72.2 Å². The molecule has 0 unspecified atom stereocenters. The van der Waals surface area contributed by atoms with Crippen molar-refractivity contribution in [3.63, 3.8) is 0 Å². The Morgan fingerprint density at radius 2 is 1.71 bits per heavy atom. The van der Waals surface area contributed by atoms with Crippen molar-refractivity contribution in [3.05, 3.63) is 24.3 Å². The molecule has 150 valence electrons. The Kier molecular flexibility index (Phi) is 6.25. The zero-order valence-corrected chi connectivity index (χ0v) is 16.2. The van der Waals surface area contributed by atoms with Gasteiger partial charge in [0.2, 0.25) is 17.8 Å². The lowest BCUT2D eigenvalue weighted by molar-refractivity contribution is -0.124. The lowest BCUT2D eigenvalue weighted by Gasteiger charge is -2.34. The van der Waals surface area contributed by atoms with Gasteiger partial charge in [-0.25, -0.2) is 4.99 Å². The minimum Gasteiger partial charge on any atom is -0.340 e. The lowest BCUT2D eigenvalue weighted by atomic mass is 10.2. The molecule has 0 saturated carbocycles. The van der Waals surface area contributed by atoms with Crippen molar-refractivity contribution < 1.29 is 14.4 Å². The highest BCUT2D eigenvalue weighted by atomic mass is 16.2. The summed E-state index contributed by atoms with van der Waals surface area (Å²) in [6.07, 6.45) is -0.0162. The summed E-state index contributed by atoms with van der Waals surface area (Å²) in [4.78, 5) is 44.4. The summed E-state index contributed by atoms with van der Waals surface area (Å²) in [5, 5.41) is 8.22. The van der Waals surface area contributed by atoms with Gasteiger partial charge in [0.05, 0.1) is 6.42 Å². The van der Waals surface area contributed by atoms with Crippen LogP contribution < -0.4 is 16.0 Å². The van der Waals surface area contributed by atoms with E-state index < -0.39 is 6.04 Å². The monoisotopic (exact) mass is 386 g/mol. The number of carbonyl (C=O) groups excluding carboxylic acids is 3. The van der Waals surface area contributed by atoms with Gasteiger partial charge in [-0.3, -0.25) is 19.7 Å². The summed E-state index contributed by atoms with van der Waals surface area (Å²) >= 11 is 0. The van der Waals surface area contributed by atoms with Gasteiger partial charge in [0.25, 0.3) is 5.91 Å². The minimum atomic E-state index is -0.710. The molecule has 0 aliphatic carbocycles. The largest absolute Gasteiger partial charge is 0.340 e. The number of hydrogen-bond acceptors (Lipinski definition) is 6. The number of amides is 3. The van der Waals surface area contributed by atoms with Crippen LogP contribution in [0.1, 0.15) is 20.3 Å². The van der Waals surface area contributed by atoms with Crippen molar-refractivity contribution in [2.75, 3.05) is 43.4 Å². The summed E-state index contributed by atoms with van der Waals surface area (Å²) in [6, 6.07) is 6.08. The highest BCUT2D eigenvalue weighted by Crippen LogP contribution is 2.15. The number of carbonyl (C=O) groups is 3. The smallest absolute Gasteiger partial charge is 0.252 e. The predicted octanol–water partition coefficient (Wildman–Crippen LogP) is 0.466. The number of nitrogens with zero attached hydrogens (tertiary/aromatic N) is 3. The molecule has 2 heterocycles. The Hall–Kier alpha value is -2.94. The van der Waals surface area contributed by atoms with Crippen molar-refractivity contribution in [2.45, 2.75) is 26.3 Å². The van der Waals surface area contributed by atoms with Gasteiger partial charge in [0, 0.05) is 44.5 Å². The maximum absolute atomic E-state index is 12.3. The average Bonchev–Trinajstić information content (AvgIpc) is 3.03. The maximum atomic E-state index is 12.3. The molecule has 28 heavy (non-hydrogen) atoms. The van der Waals surface area contributed by atoms with E-state index in [9.17, 15) is 14.4 Å². The van der Waals surface area contributed by atoms with E-state index in [0.717, 1.165) is 32.7 Å². The normalized spacial score (nSPS) is 19.8. The van der Waals surface area contributed by atoms with Crippen molar-refractivity contribution in [1.29, 1.82) is 0 Å². The van der Waals surface area contributed by atoms with Gasteiger partial charge in [-0.15, -0.1) is 0 Å². The fraction of sp³-hybridized carbons (Fsp3) is 0.474. The first-order chi connectivity index (χ1) is 13.4. The summed E-state index contributed by atoms with van der Waals surface area (Å²) in [6.45, 7) is 8.07. The molecular formula is C19H26N6O3. The maximum Gasteiger partial charge on any atom is 0.252 e. The molecule has 3 amide bonds. The summed E-state index contributed by atoms with van der Waals surface area (Å²) in [5.41, 5.74) is 1.25. The number of benzene rings is 1. The van der Waals surface area contributed by atoms with Gasteiger partial charge in [-0.1, -0.05) is 6.92 Å². The van der Waals surface area contributed by atoms with Crippen molar-refractivity contribution in [2.24, 2.45) is 4.99 Å². The molecule has 9 nitrogen and oxygen atoms in total. The third-order valence-corrected chi connectivity index (χ3v) is 4.80. The van der Waals surface area contributed by atoms with E-state index in [0.29, 0.717) is 17.3 Å². The number of guanidine groups is 1. The molecule has 1 aromatic rings. The van der Waals surface area contributed by atoms with E-state index in [1.54, 1.807) is 24.3 Å². The second-order valence-corrected chi connectivity index (χ2v) is 6.89. The van der Waals surface area contributed by atoms with E-state index in [-0.39, 0.29) is 24.1 Å². The lowest BCUT2D eigenvalue weighted by Crippen LogP contribution is -2.51. The van der Waals surface area contributed by atoms with Gasteiger partial charge in [0.1, 0.15) is 6.04 Å². The highest BCUT2D eigenvalue weighted by molar-refractivity contribution is 6.07. The minimum absolute atomic E-state index is 0.0162. The second-order valence-electron chi connectivity index (χ2n) is 6.89. The van der Waals surface area contributed by atoms with Crippen LogP contribution in [0.25, 0.3) is 0 Å². The molecule has 0 spiro atoms. The van der Waals surface area contributed by atoms with E-state index >= 15 is 0 Å². The predicted molar refractivity (Wildman–Crippen MR) is 107 cm³/mol. The van der Waals surface area contributed by atoms with Crippen LogP contribution in [0.2, 0.25) is 0 Å². The Morgan fingerprint density at radius 1 is 1.11 bits per heavy atom. The van der Waals surface area contributed by atoms with Crippen LogP contribution in [0.3, 0.4) is 0 Å². The van der Waals surface area contributed by atoms with Gasteiger partial charge >= 0.3 is 0 Å². The third-order valence-electron chi connectivity index (χ3n) is 4.80. The summed E-state index contributed by atoms with van der Waals surface area (Å²) < 4.78 is 0. The van der Waals surface area contributed by atoms with Gasteiger partial charge in [-0.2, -0.15) is 0 Å². The number of likely N-dealkylation sites (N-methyl/N-ethyl adjacent to an activating group) is 1. The standard InChI is InChI=1S/C19H26N6O3/c1-3-24-8-10-25(11-9-24)19-22-16(18(28)23-19)12-17(27)21-15-6-4-14(5-7-15)20-13(2)26/h4-7,16H,3,8-12H2,1-2H3,(H,20,26)(H,21,27)(H,22,23,28)/t16-/m1/s1. The van der Waals surface area contributed by atoms with E-state index in [1.807, 2.05) is 0 Å².